The summed E-state index contributed by atoms with van der Waals surface area (Å²) in [6.07, 6.45) is 4.84. The highest BCUT2D eigenvalue weighted by Crippen LogP contribution is 2.20. The molecule has 2 heterocycles. The summed E-state index contributed by atoms with van der Waals surface area (Å²) in [5, 5.41) is 7.85. The monoisotopic (exact) mass is 335 g/mol. The molecule has 2 aromatic heterocycles. The highest BCUT2D eigenvalue weighted by molar-refractivity contribution is 7.13. The summed E-state index contributed by atoms with van der Waals surface area (Å²) in [6, 6.07) is -0.659. The number of aromatic nitrogens is 3. The maximum atomic E-state index is 11.8. The first kappa shape index (κ1) is 16.8. The van der Waals surface area contributed by atoms with E-state index < -0.39 is 12.1 Å². The summed E-state index contributed by atoms with van der Waals surface area (Å²) in [4.78, 5) is 35.5. The van der Waals surface area contributed by atoms with Crippen molar-refractivity contribution in [2.75, 3.05) is 13.7 Å². The molecule has 0 aliphatic rings. The number of hydrogen-bond acceptors (Lipinski definition) is 7. The van der Waals surface area contributed by atoms with Crippen molar-refractivity contribution in [1.82, 2.24) is 25.6 Å². The lowest BCUT2D eigenvalue weighted by molar-refractivity contribution is -0.122. The van der Waals surface area contributed by atoms with E-state index in [0.717, 1.165) is 16.4 Å². The molecule has 2 amide bonds. The van der Waals surface area contributed by atoms with E-state index in [4.69, 9.17) is 0 Å². The first-order valence-electron chi connectivity index (χ1n) is 6.93. The lowest BCUT2D eigenvalue weighted by Gasteiger charge is -2.12. The number of nitrogens with zero attached hydrogens (tertiary/aromatic N) is 3. The van der Waals surface area contributed by atoms with Crippen LogP contribution in [0.1, 0.15) is 12.6 Å². The fourth-order valence-corrected chi connectivity index (χ4v) is 2.53. The average molecular weight is 335 g/mol. The van der Waals surface area contributed by atoms with Gasteiger partial charge in [-0.1, -0.05) is 0 Å². The van der Waals surface area contributed by atoms with Gasteiger partial charge in [0.1, 0.15) is 16.7 Å². The molecule has 122 valence electrons. The highest BCUT2D eigenvalue weighted by atomic mass is 32.1. The van der Waals surface area contributed by atoms with Gasteiger partial charge in [0.05, 0.1) is 19.0 Å². The van der Waals surface area contributed by atoms with Gasteiger partial charge < -0.3 is 15.4 Å². The Labute approximate surface area is 137 Å². The third-order valence-corrected chi connectivity index (χ3v) is 3.84. The zero-order valence-corrected chi connectivity index (χ0v) is 13.6. The van der Waals surface area contributed by atoms with Gasteiger partial charge in [0, 0.05) is 30.7 Å². The minimum atomic E-state index is -0.659. The van der Waals surface area contributed by atoms with Crippen LogP contribution in [0, 0.1) is 0 Å². The average Bonchev–Trinajstić information content (AvgIpc) is 3.04. The first-order valence-corrected chi connectivity index (χ1v) is 7.81. The molecule has 0 fully saturated rings. The van der Waals surface area contributed by atoms with Crippen molar-refractivity contribution < 1.29 is 14.3 Å². The molecule has 2 rings (SSSR count). The Kier molecular flexibility index (Phi) is 5.98. The topological polar surface area (TPSA) is 106 Å². The van der Waals surface area contributed by atoms with Crippen LogP contribution in [0.3, 0.4) is 0 Å². The number of amides is 2. The van der Waals surface area contributed by atoms with Gasteiger partial charge in [0.15, 0.2) is 0 Å². The minimum absolute atomic E-state index is 0.278. The van der Waals surface area contributed by atoms with Crippen LogP contribution in [0.15, 0.2) is 24.0 Å². The van der Waals surface area contributed by atoms with Crippen LogP contribution in [0.2, 0.25) is 0 Å². The van der Waals surface area contributed by atoms with Crippen molar-refractivity contribution in [3.05, 3.63) is 29.7 Å². The normalized spacial score (nSPS) is 11.6. The van der Waals surface area contributed by atoms with E-state index in [-0.39, 0.29) is 5.91 Å². The zero-order chi connectivity index (χ0) is 16.7. The van der Waals surface area contributed by atoms with Crippen LogP contribution in [-0.2, 0) is 16.0 Å². The maximum absolute atomic E-state index is 11.8. The molecule has 0 radical (unpaired) electrons. The Balaban J connectivity index is 1.80. The van der Waals surface area contributed by atoms with Crippen molar-refractivity contribution in [3.8, 4) is 10.7 Å². The smallest absolute Gasteiger partial charge is 0.407 e. The van der Waals surface area contributed by atoms with E-state index in [0.29, 0.717) is 13.0 Å². The molecule has 2 aromatic rings. The third-order valence-electron chi connectivity index (χ3n) is 2.93. The van der Waals surface area contributed by atoms with E-state index in [1.54, 1.807) is 25.5 Å². The predicted molar refractivity (Wildman–Crippen MR) is 84.9 cm³/mol. The predicted octanol–water partition coefficient (Wildman–Crippen LogP) is 1.00. The van der Waals surface area contributed by atoms with Crippen LogP contribution >= 0.6 is 11.3 Å². The third kappa shape index (κ3) is 4.99. The molecule has 0 bridgehead atoms. The number of alkyl carbamates (subject to hydrolysis) is 1. The number of carbonyl (C=O) groups excluding carboxylic acids is 2. The largest absolute Gasteiger partial charge is 0.453 e. The second-order valence-electron chi connectivity index (χ2n) is 4.63. The molecule has 0 saturated heterocycles. The molecule has 8 nitrogen and oxygen atoms in total. The van der Waals surface area contributed by atoms with Crippen LogP contribution in [0.4, 0.5) is 4.79 Å². The highest BCUT2D eigenvalue weighted by Gasteiger charge is 2.15. The second-order valence-corrected chi connectivity index (χ2v) is 5.49. The van der Waals surface area contributed by atoms with Crippen molar-refractivity contribution in [2.45, 2.75) is 19.4 Å². The second kappa shape index (κ2) is 8.18. The van der Waals surface area contributed by atoms with E-state index in [1.165, 1.54) is 18.4 Å². The fraction of sp³-hybridized carbons (Fsp3) is 0.357. The molecule has 0 unspecified atom stereocenters. The number of nitrogens with one attached hydrogen (secondary N) is 2. The van der Waals surface area contributed by atoms with Crippen molar-refractivity contribution in [2.24, 2.45) is 0 Å². The molecule has 0 aliphatic carbocycles. The number of carbonyl (C=O) groups is 2. The molecule has 1 atom stereocenters. The van der Waals surface area contributed by atoms with Gasteiger partial charge in [-0.25, -0.2) is 9.78 Å². The Morgan fingerprint density at radius 1 is 1.39 bits per heavy atom. The summed E-state index contributed by atoms with van der Waals surface area (Å²) in [7, 11) is 1.25. The van der Waals surface area contributed by atoms with Crippen LogP contribution < -0.4 is 10.6 Å². The van der Waals surface area contributed by atoms with Crippen LogP contribution in [0.5, 0.6) is 0 Å². The maximum Gasteiger partial charge on any atom is 0.407 e. The van der Waals surface area contributed by atoms with E-state index in [9.17, 15) is 9.59 Å². The van der Waals surface area contributed by atoms with Gasteiger partial charge >= 0.3 is 6.09 Å². The van der Waals surface area contributed by atoms with Gasteiger partial charge in [0.25, 0.3) is 0 Å². The van der Waals surface area contributed by atoms with Gasteiger partial charge in [0.2, 0.25) is 5.91 Å². The number of hydrogen-bond donors (Lipinski definition) is 2. The van der Waals surface area contributed by atoms with Crippen molar-refractivity contribution in [1.29, 1.82) is 0 Å². The number of thiazole rings is 1. The molecule has 2 N–H and O–H groups in total. The first-order chi connectivity index (χ1) is 11.1. The standard InChI is InChI=1S/C14H17N5O3S/c1-9(18-14(21)22-2)12(20)17-4-3-10-8-23-13(19-10)11-7-15-5-6-16-11/h5-9H,3-4H2,1-2H3,(H,17,20)(H,18,21)/t9-/m1/s1. The molecule has 0 aromatic carbocycles. The van der Waals surface area contributed by atoms with Crippen molar-refractivity contribution >= 4 is 23.3 Å². The van der Waals surface area contributed by atoms with E-state index >= 15 is 0 Å². The van der Waals surface area contributed by atoms with Gasteiger partial charge in [-0.2, -0.15) is 0 Å². The molecular formula is C14H17N5O3S. The summed E-state index contributed by atoms with van der Waals surface area (Å²) in [6.45, 7) is 2.01. The van der Waals surface area contributed by atoms with Gasteiger partial charge in [-0.05, 0) is 6.92 Å². The molecule has 23 heavy (non-hydrogen) atoms. The Hall–Kier alpha value is -2.55. The SMILES string of the molecule is COC(=O)N[C@H](C)C(=O)NCCc1csc(-c2cnccn2)n1. The summed E-state index contributed by atoms with van der Waals surface area (Å²) in [5.41, 5.74) is 1.59. The van der Waals surface area contributed by atoms with E-state index in [2.05, 4.69) is 30.3 Å². The number of rotatable bonds is 6. The van der Waals surface area contributed by atoms with Crippen LogP contribution in [-0.4, -0.2) is 46.6 Å². The fourth-order valence-electron chi connectivity index (χ4n) is 1.72. The lowest BCUT2D eigenvalue weighted by Crippen LogP contribution is -2.45. The Bertz CT molecular complexity index is 661. The molecule has 0 aliphatic heterocycles. The van der Waals surface area contributed by atoms with Gasteiger partial charge in [-0.3, -0.25) is 14.8 Å². The molecule has 0 saturated carbocycles. The molecule has 0 spiro atoms. The summed E-state index contributed by atoms with van der Waals surface area (Å²) >= 11 is 1.48. The van der Waals surface area contributed by atoms with Crippen molar-refractivity contribution in [3.63, 3.8) is 0 Å². The summed E-state index contributed by atoms with van der Waals surface area (Å²) < 4.78 is 4.44. The quantitative estimate of drug-likeness (QED) is 0.816. The Morgan fingerprint density at radius 3 is 2.91 bits per heavy atom. The lowest BCUT2D eigenvalue weighted by atomic mass is 10.3. The molecule has 9 heteroatoms. The zero-order valence-electron chi connectivity index (χ0n) is 12.8. The van der Waals surface area contributed by atoms with E-state index in [1.807, 2.05) is 5.38 Å². The molecular weight excluding hydrogens is 318 g/mol. The van der Waals surface area contributed by atoms with Gasteiger partial charge in [-0.15, -0.1) is 11.3 Å². The minimum Gasteiger partial charge on any atom is -0.453 e. The van der Waals surface area contributed by atoms with Crippen LogP contribution in [0.25, 0.3) is 10.7 Å². The number of methoxy groups -OCH3 is 1. The summed E-state index contributed by atoms with van der Waals surface area (Å²) in [5.74, 6) is -0.278. The Morgan fingerprint density at radius 2 is 2.22 bits per heavy atom. The number of ether oxygens (including phenoxy) is 1.